The average Bonchev–Trinajstić information content (AvgIpc) is 3.03. The molecule has 3 N–H and O–H groups in total. The second-order valence-corrected chi connectivity index (χ2v) is 12.4. The molecule has 32 heavy (non-hydrogen) atoms. The minimum atomic E-state index is -0.373. The highest BCUT2D eigenvalue weighted by Crippen LogP contribution is 2.69. The van der Waals surface area contributed by atoms with E-state index in [1.807, 2.05) is 0 Å². The van der Waals surface area contributed by atoms with Crippen molar-refractivity contribution in [2.24, 2.45) is 52.3 Å². The number of carbonyl (C=O) groups is 1. The van der Waals surface area contributed by atoms with Gasteiger partial charge < -0.3 is 20.1 Å². The molecule has 0 heterocycles. The standard InChI is InChI=1S/C27H46O5/c1-6-17-19-13-16(28)9-11-26(19,3)18-10-12-27(4)20(23(18)25(17)31)14-21(29)24(27)15(2)7-8-22(30)32-5/h15-21,23-25,28-29,31H,6-14H2,1-5H3/t15-,16-,17-,18+,19+,20+,21+,23-,24+,25-,26-,27+/m1/s1. The summed E-state index contributed by atoms with van der Waals surface area (Å²) < 4.78 is 4.85. The highest BCUT2D eigenvalue weighted by molar-refractivity contribution is 5.69. The summed E-state index contributed by atoms with van der Waals surface area (Å²) in [6.07, 6.45) is 6.83. The third kappa shape index (κ3) is 3.65. The lowest BCUT2D eigenvalue weighted by Crippen LogP contribution is -2.62. The van der Waals surface area contributed by atoms with Crippen molar-refractivity contribution in [1.82, 2.24) is 0 Å². The van der Waals surface area contributed by atoms with Gasteiger partial charge in [0.1, 0.15) is 0 Å². The van der Waals surface area contributed by atoms with E-state index >= 15 is 0 Å². The number of hydrogen-bond acceptors (Lipinski definition) is 5. The molecule has 5 heteroatoms. The highest BCUT2D eigenvalue weighted by atomic mass is 16.5. The van der Waals surface area contributed by atoms with E-state index in [1.165, 1.54) is 7.11 Å². The van der Waals surface area contributed by atoms with E-state index in [2.05, 4.69) is 27.7 Å². The number of aliphatic hydroxyl groups is 3. The zero-order valence-corrected chi connectivity index (χ0v) is 20.8. The zero-order valence-electron chi connectivity index (χ0n) is 20.8. The van der Waals surface area contributed by atoms with E-state index in [9.17, 15) is 20.1 Å². The topological polar surface area (TPSA) is 87.0 Å². The van der Waals surface area contributed by atoms with E-state index in [4.69, 9.17) is 4.74 Å². The summed E-state index contributed by atoms with van der Waals surface area (Å²) in [7, 11) is 1.43. The monoisotopic (exact) mass is 450 g/mol. The molecule has 4 rings (SSSR count). The number of rotatable bonds is 5. The lowest BCUT2D eigenvalue weighted by atomic mass is 9.41. The lowest BCUT2D eigenvalue weighted by Gasteiger charge is -2.64. The van der Waals surface area contributed by atoms with Gasteiger partial charge in [-0.25, -0.2) is 0 Å². The van der Waals surface area contributed by atoms with E-state index in [0.29, 0.717) is 24.2 Å². The summed E-state index contributed by atoms with van der Waals surface area (Å²) in [5, 5.41) is 33.5. The van der Waals surface area contributed by atoms with Gasteiger partial charge in [0, 0.05) is 6.42 Å². The van der Waals surface area contributed by atoms with Crippen LogP contribution in [0.2, 0.25) is 0 Å². The fourth-order valence-electron chi connectivity index (χ4n) is 9.67. The maximum absolute atomic E-state index is 11.8. The van der Waals surface area contributed by atoms with Crippen LogP contribution in [0.3, 0.4) is 0 Å². The molecule has 0 aliphatic heterocycles. The Labute approximate surface area is 194 Å². The zero-order chi connectivity index (χ0) is 23.4. The lowest BCUT2D eigenvalue weighted by molar-refractivity contribution is -0.203. The molecule has 0 aromatic heterocycles. The van der Waals surface area contributed by atoms with Crippen molar-refractivity contribution in [1.29, 1.82) is 0 Å². The quantitative estimate of drug-likeness (QED) is 0.547. The smallest absolute Gasteiger partial charge is 0.305 e. The number of aliphatic hydroxyl groups excluding tert-OH is 3. The normalized spacial score (nSPS) is 51.3. The van der Waals surface area contributed by atoms with Gasteiger partial charge in [-0.2, -0.15) is 0 Å². The van der Waals surface area contributed by atoms with Gasteiger partial charge >= 0.3 is 5.97 Å². The molecule has 12 atom stereocenters. The molecule has 0 aromatic carbocycles. The molecule has 0 aromatic rings. The van der Waals surface area contributed by atoms with Crippen molar-refractivity contribution in [3.8, 4) is 0 Å². The summed E-state index contributed by atoms with van der Waals surface area (Å²) in [5.41, 5.74) is 0.164. The van der Waals surface area contributed by atoms with Gasteiger partial charge in [-0.1, -0.05) is 34.1 Å². The predicted molar refractivity (Wildman–Crippen MR) is 124 cm³/mol. The maximum atomic E-state index is 11.8. The first kappa shape index (κ1) is 24.5. The Morgan fingerprint density at radius 2 is 1.72 bits per heavy atom. The van der Waals surface area contributed by atoms with Gasteiger partial charge in [0.15, 0.2) is 0 Å². The number of carbonyl (C=O) groups excluding carboxylic acids is 1. The number of methoxy groups -OCH3 is 1. The molecular weight excluding hydrogens is 404 g/mol. The fourth-order valence-corrected chi connectivity index (χ4v) is 9.67. The molecule has 0 saturated heterocycles. The Balaban J connectivity index is 1.62. The molecule has 184 valence electrons. The van der Waals surface area contributed by atoms with Crippen molar-refractivity contribution in [2.75, 3.05) is 7.11 Å². The van der Waals surface area contributed by atoms with Crippen LogP contribution in [0.25, 0.3) is 0 Å². The molecular formula is C27H46O5. The molecule has 4 aliphatic rings. The first-order valence-corrected chi connectivity index (χ1v) is 13.2. The number of esters is 1. The van der Waals surface area contributed by atoms with Crippen LogP contribution < -0.4 is 0 Å². The van der Waals surface area contributed by atoms with Gasteiger partial charge in [-0.3, -0.25) is 4.79 Å². The van der Waals surface area contributed by atoms with E-state index in [-0.39, 0.29) is 58.8 Å². The van der Waals surface area contributed by atoms with Crippen molar-refractivity contribution in [3.63, 3.8) is 0 Å². The molecule has 0 unspecified atom stereocenters. The molecule has 0 bridgehead atoms. The van der Waals surface area contributed by atoms with Gasteiger partial charge in [0.25, 0.3) is 0 Å². The summed E-state index contributed by atoms with van der Waals surface area (Å²) in [6.45, 7) is 9.18. The summed E-state index contributed by atoms with van der Waals surface area (Å²) >= 11 is 0. The Bertz CT molecular complexity index is 696. The third-order valence-electron chi connectivity index (χ3n) is 11.1. The van der Waals surface area contributed by atoms with Crippen molar-refractivity contribution in [3.05, 3.63) is 0 Å². The van der Waals surface area contributed by atoms with Crippen molar-refractivity contribution >= 4 is 5.97 Å². The second-order valence-electron chi connectivity index (χ2n) is 12.4. The molecule has 4 saturated carbocycles. The van der Waals surface area contributed by atoms with Crippen LogP contribution in [0.1, 0.15) is 85.5 Å². The molecule has 5 nitrogen and oxygen atoms in total. The Morgan fingerprint density at radius 3 is 2.38 bits per heavy atom. The van der Waals surface area contributed by atoms with Gasteiger partial charge in [0.2, 0.25) is 0 Å². The number of ether oxygens (including phenoxy) is 1. The second kappa shape index (κ2) is 8.85. The molecule has 0 spiro atoms. The van der Waals surface area contributed by atoms with Crippen molar-refractivity contribution < 1.29 is 24.9 Å². The summed E-state index contributed by atoms with van der Waals surface area (Å²) in [4.78, 5) is 11.7. The van der Waals surface area contributed by atoms with Gasteiger partial charge in [-0.05, 0) is 97.2 Å². The van der Waals surface area contributed by atoms with E-state index in [0.717, 1.165) is 51.4 Å². The number of hydrogen-bond donors (Lipinski definition) is 3. The Hall–Kier alpha value is -0.650. The molecule has 4 aliphatic carbocycles. The van der Waals surface area contributed by atoms with Crippen LogP contribution in [-0.2, 0) is 9.53 Å². The number of fused-ring (bicyclic) bond motifs is 5. The van der Waals surface area contributed by atoms with Crippen LogP contribution >= 0.6 is 0 Å². The van der Waals surface area contributed by atoms with Crippen LogP contribution in [0.15, 0.2) is 0 Å². The average molecular weight is 451 g/mol. The van der Waals surface area contributed by atoms with Crippen LogP contribution in [0, 0.1) is 52.3 Å². The SMILES string of the molecule is CC[C@H]1[C@@H](O)[C@@H]2[C@H](CC[C@]3(C)[C@@H]([C@H](C)CCC(=O)OC)[C@@H](O)C[C@@H]23)[C@@]2(C)CC[C@@H](O)C[C@@H]12. The third-order valence-corrected chi connectivity index (χ3v) is 11.1. The van der Waals surface area contributed by atoms with E-state index in [1.54, 1.807) is 0 Å². The van der Waals surface area contributed by atoms with Crippen LogP contribution in [-0.4, -0.2) is 46.7 Å². The first-order valence-electron chi connectivity index (χ1n) is 13.2. The summed E-state index contributed by atoms with van der Waals surface area (Å²) in [6, 6.07) is 0. The first-order chi connectivity index (χ1) is 15.1. The van der Waals surface area contributed by atoms with Gasteiger partial charge in [0.05, 0.1) is 25.4 Å². The Morgan fingerprint density at radius 1 is 1.03 bits per heavy atom. The minimum Gasteiger partial charge on any atom is -0.469 e. The largest absolute Gasteiger partial charge is 0.469 e. The minimum absolute atomic E-state index is 0.00717. The summed E-state index contributed by atoms with van der Waals surface area (Å²) in [5.74, 6) is 1.84. The highest BCUT2D eigenvalue weighted by Gasteiger charge is 2.66. The van der Waals surface area contributed by atoms with Crippen molar-refractivity contribution in [2.45, 2.75) is 104 Å². The van der Waals surface area contributed by atoms with Crippen LogP contribution in [0.5, 0.6) is 0 Å². The molecule has 0 amide bonds. The maximum Gasteiger partial charge on any atom is 0.305 e. The molecule has 4 fully saturated rings. The fraction of sp³-hybridized carbons (Fsp3) is 0.963. The van der Waals surface area contributed by atoms with E-state index < -0.39 is 0 Å². The molecule has 0 radical (unpaired) electrons. The predicted octanol–water partition coefficient (Wildman–Crippen LogP) is 4.17. The van der Waals surface area contributed by atoms with Crippen LogP contribution in [0.4, 0.5) is 0 Å². The van der Waals surface area contributed by atoms with Gasteiger partial charge in [-0.15, -0.1) is 0 Å². The Kier molecular flexibility index (Phi) is 6.77.